The average Bonchev–Trinajstić information content (AvgIpc) is 2.80. The van der Waals surface area contributed by atoms with E-state index in [-0.39, 0.29) is 37.0 Å². The van der Waals surface area contributed by atoms with Gasteiger partial charge < -0.3 is 43.4 Å². The minimum atomic E-state index is -1.29. The third kappa shape index (κ3) is 12.1. The molecule has 13 nitrogen and oxygen atoms in total. The lowest BCUT2D eigenvalue weighted by Gasteiger charge is -2.24. The first-order valence-electron chi connectivity index (χ1n) is 12.0. The number of nitrogens with zero attached hydrogens (tertiary/aromatic N) is 1. The van der Waals surface area contributed by atoms with Crippen molar-refractivity contribution in [2.24, 2.45) is 28.1 Å². The molecule has 0 radical (unpaired) electrons. The van der Waals surface area contributed by atoms with Crippen LogP contribution in [0.3, 0.4) is 0 Å². The van der Waals surface area contributed by atoms with Crippen LogP contribution in [0.15, 0.2) is 29.3 Å². The van der Waals surface area contributed by atoms with E-state index in [0.29, 0.717) is 18.4 Å². The lowest BCUT2D eigenvalue weighted by atomic mass is 10.0. The maximum atomic E-state index is 13.0. The number of aliphatic imine (C=N–C) groups is 1. The highest BCUT2D eigenvalue weighted by molar-refractivity contribution is 5.93. The zero-order valence-electron chi connectivity index (χ0n) is 21.4. The van der Waals surface area contributed by atoms with Gasteiger partial charge in [-0.2, -0.15) is 0 Å². The summed E-state index contributed by atoms with van der Waals surface area (Å²) >= 11 is 0. The monoisotopic (exact) mass is 521 g/mol. The lowest BCUT2D eigenvalue weighted by molar-refractivity contribution is -0.142. The van der Waals surface area contributed by atoms with Gasteiger partial charge in [-0.05, 0) is 49.8 Å². The molecule has 11 N–H and O–H groups in total. The zero-order chi connectivity index (χ0) is 28.1. The van der Waals surface area contributed by atoms with Crippen LogP contribution in [0.2, 0.25) is 0 Å². The quantitative estimate of drug-likeness (QED) is 0.0794. The molecule has 1 aromatic rings. The van der Waals surface area contributed by atoms with Crippen molar-refractivity contribution in [2.75, 3.05) is 6.54 Å². The number of aromatic hydroxyl groups is 1. The molecule has 4 atom stereocenters. The van der Waals surface area contributed by atoms with Gasteiger partial charge in [-0.15, -0.1) is 0 Å². The molecule has 206 valence electrons. The predicted octanol–water partition coefficient (Wildman–Crippen LogP) is -1.08. The molecule has 1 aromatic carbocycles. The highest BCUT2D eigenvalue weighted by Gasteiger charge is 2.29. The molecule has 0 heterocycles. The Balaban J connectivity index is 2.92. The van der Waals surface area contributed by atoms with Crippen LogP contribution < -0.4 is 33.2 Å². The van der Waals surface area contributed by atoms with E-state index in [1.165, 1.54) is 19.1 Å². The van der Waals surface area contributed by atoms with Crippen LogP contribution in [0, 0.1) is 5.92 Å². The van der Waals surface area contributed by atoms with Gasteiger partial charge >= 0.3 is 5.97 Å². The first kappa shape index (κ1) is 31.2. The van der Waals surface area contributed by atoms with E-state index in [0.717, 1.165) is 0 Å². The number of benzene rings is 1. The molecule has 0 aliphatic carbocycles. The number of nitrogens with one attached hydrogen (secondary N) is 3. The number of amides is 3. The molecule has 0 saturated carbocycles. The Morgan fingerprint density at radius 1 is 0.919 bits per heavy atom. The van der Waals surface area contributed by atoms with Crippen LogP contribution in [0.25, 0.3) is 0 Å². The summed E-state index contributed by atoms with van der Waals surface area (Å²) in [5, 5.41) is 26.6. The van der Waals surface area contributed by atoms with Gasteiger partial charge in [0.2, 0.25) is 17.7 Å². The minimum absolute atomic E-state index is 0.0228. The van der Waals surface area contributed by atoms with Crippen molar-refractivity contribution < 1.29 is 29.4 Å². The first-order valence-corrected chi connectivity index (χ1v) is 12.0. The normalized spacial score (nSPS) is 14.1. The highest BCUT2D eigenvalue weighted by atomic mass is 16.4. The lowest BCUT2D eigenvalue weighted by Crippen LogP contribution is -2.56. The Hall–Kier alpha value is -3.87. The summed E-state index contributed by atoms with van der Waals surface area (Å²) in [5.41, 5.74) is 17.1. The van der Waals surface area contributed by atoms with Crippen LogP contribution in [0.5, 0.6) is 5.75 Å². The molecule has 0 spiro atoms. The van der Waals surface area contributed by atoms with Gasteiger partial charge in [-0.3, -0.25) is 19.4 Å². The summed E-state index contributed by atoms with van der Waals surface area (Å²) in [6, 6.07) is 1.71. The number of carbonyl (C=O) groups is 4. The van der Waals surface area contributed by atoms with Gasteiger partial charge in [0.15, 0.2) is 5.96 Å². The number of guanidine groups is 1. The van der Waals surface area contributed by atoms with Crippen molar-refractivity contribution in [2.45, 2.75) is 70.6 Å². The summed E-state index contributed by atoms with van der Waals surface area (Å²) in [4.78, 5) is 53.7. The van der Waals surface area contributed by atoms with Gasteiger partial charge in [0.25, 0.3) is 0 Å². The molecule has 0 aliphatic heterocycles. The number of rotatable bonds is 15. The summed E-state index contributed by atoms with van der Waals surface area (Å²) in [6.45, 7) is 5.48. The van der Waals surface area contributed by atoms with Crippen LogP contribution in [-0.4, -0.2) is 70.6 Å². The fourth-order valence-electron chi connectivity index (χ4n) is 3.41. The third-order valence-corrected chi connectivity index (χ3v) is 5.38. The summed E-state index contributed by atoms with van der Waals surface area (Å²) in [7, 11) is 0. The number of hydrogen-bond acceptors (Lipinski definition) is 7. The number of hydrogen-bond donors (Lipinski definition) is 8. The standard InChI is InChI=1S/C24H39N7O6/c1-13(2)11-17(25)21(34)29-14(3)20(33)30-18(5-4-10-28-24(26)27)22(35)31-19(23(36)37)12-15-6-8-16(32)9-7-15/h6-9,13-14,17-19,32H,4-5,10-12,25H2,1-3H3,(H,29,34)(H,30,33)(H,31,35)(H,36,37)(H4,26,27,28). The van der Waals surface area contributed by atoms with E-state index >= 15 is 0 Å². The topological polar surface area (TPSA) is 235 Å². The number of phenolic OH excluding ortho intramolecular Hbond substituents is 1. The Bertz CT molecular complexity index is 947. The molecular formula is C24H39N7O6. The van der Waals surface area contributed by atoms with Crippen molar-refractivity contribution in [1.82, 2.24) is 16.0 Å². The zero-order valence-corrected chi connectivity index (χ0v) is 21.4. The molecule has 4 unspecified atom stereocenters. The molecule has 0 aliphatic rings. The summed E-state index contributed by atoms with van der Waals surface area (Å²) in [6.07, 6.45) is 0.809. The maximum Gasteiger partial charge on any atom is 0.326 e. The van der Waals surface area contributed by atoms with Crippen molar-refractivity contribution in [3.05, 3.63) is 29.8 Å². The second-order valence-electron chi connectivity index (χ2n) is 9.25. The molecule has 1 rings (SSSR count). The minimum Gasteiger partial charge on any atom is -0.508 e. The number of phenols is 1. The van der Waals surface area contributed by atoms with Crippen molar-refractivity contribution >= 4 is 29.7 Å². The number of carboxylic acid groups (broad SMARTS) is 1. The fourth-order valence-corrected chi connectivity index (χ4v) is 3.41. The molecule has 3 amide bonds. The van der Waals surface area contributed by atoms with Gasteiger partial charge in [0.05, 0.1) is 6.04 Å². The maximum absolute atomic E-state index is 13.0. The highest BCUT2D eigenvalue weighted by Crippen LogP contribution is 2.12. The molecule has 0 saturated heterocycles. The number of nitrogens with two attached hydrogens (primary N) is 3. The Morgan fingerprint density at radius 3 is 2.05 bits per heavy atom. The van der Waals surface area contributed by atoms with Crippen LogP contribution in [0.4, 0.5) is 0 Å². The smallest absolute Gasteiger partial charge is 0.326 e. The Morgan fingerprint density at radius 2 is 1.51 bits per heavy atom. The SMILES string of the molecule is CC(C)CC(N)C(=O)NC(C)C(=O)NC(CCCN=C(N)N)C(=O)NC(Cc1ccc(O)cc1)C(=O)O. The van der Waals surface area contributed by atoms with Crippen LogP contribution in [-0.2, 0) is 25.6 Å². The molecular weight excluding hydrogens is 482 g/mol. The number of aliphatic carboxylic acids is 1. The molecule has 0 bridgehead atoms. The fraction of sp³-hybridized carbons (Fsp3) is 0.542. The van der Waals surface area contributed by atoms with Gasteiger partial charge in [-0.25, -0.2) is 4.79 Å². The third-order valence-electron chi connectivity index (χ3n) is 5.38. The number of carboxylic acids is 1. The van der Waals surface area contributed by atoms with Crippen LogP contribution >= 0.6 is 0 Å². The number of carbonyl (C=O) groups excluding carboxylic acids is 3. The van der Waals surface area contributed by atoms with E-state index in [4.69, 9.17) is 17.2 Å². The largest absolute Gasteiger partial charge is 0.508 e. The van der Waals surface area contributed by atoms with Crippen molar-refractivity contribution in [1.29, 1.82) is 0 Å². The molecule has 13 heteroatoms. The average molecular weight is 522 g/mol. The van der Waals surface area contributed by atoms with E-state index in [1.807, 2.05) is 13.8 Å². The second-order valence-corrected chi connectivity index (χ2v) is 9.25. The Kier molecular flexibility index (Phi) is 12.9. The van der Waals surface area contributed by atoms with E-state index in [2.05, 4.69) is 20.9 Å². The molecule has 0 fully saturated rings. The van der Waals surface area contributed by atoms with Crippen molar-refractivity contribution in [3.8, 4) is 5.75 Å². The van der Waals surface area contributed by atoms with E-state index in [1.54, 1.807) is 12.1 Å². The molecule has 37 heavy (non-hydrogen) atoms. The van der Waals surface area contributed by atoms with Gasteiger partial charge in [0.1, 0.15) is 23.9 Å². The predicted molar refractivity (Wildman–Crippen MR) is 138 cm³/mol. The van der Waals surface area contributed by atoms with Crippen molar-refractivity contribution in [3.63, 3.8) is 0 Å². The summed E-state index contributed by atoms with van der Waals surface area (Å²) < 4.78 is 0. The first-order chi connectivity index (χ1) is 17.3. The second kappa shape index (κ2) is 15.3. The van der Waals surface area contributed by atoms with Gasteiger partial charge in [0, 0.05) is 13.0 Å². The summed E-state index contributed by atoms with van der Waals surface area (Å²) in [5.74, 6) is -3.05. The van der Waals surface area contributed by atoms with Crippen LogP contribution in [0.1, 0.15) is 45.6 Å². The Labute approximate surface area is 216 Å². The molecule has 0 aromatic heterocycles. The van der Waals surface area contributed by atoms with E-state index < -0.39 is 47.9 Å². The van der Waals surface area contributed by atoms with Gasteiger partial charge in [-0.1, -0.05) is 26.0 Å². The van der Waals surface area contributed by atoms with E-state index in [9.17, 15) is 29.4 Å².